The number of ether oxygens (including phenoxy) is 2. The number of aliphatic hydroxyl groups is 1. The van der Waals surface area contributed by atoms with Gasteiger partial charge in [0.1, 0.15) is 5.03 Å². The summed E-state index contributed by atoms with van der Waals surface area (Å²) >= 11 is 18.2. The second-order valence-electron chi connectivity index (χ2n) is 9.22. The average molecular weight is 626 g/mol. The summed E-state index contributed by atoms with van der Waals surface area (Å²) in [6.45, 7) is 2.14. The third-order valence-electron chi connectivity index (χ3n) is 6.47. The molecule has 212 valence electrons. The Labute approximate surface area is 250 Å². The highest BCUT2D eigenvalue weighted by atomic mass is 35.6. The third-order valence-corrected chi connectivity index (χ3v) is 8.08. The number of amides is 1. The number of rotatable bonds is 9. The van der Waals surface area contributed by atoms with Crippen LogP contribution in [0.3, 0.4) is 0 Å². The van der Waals surface area contributed by atoms with Gasteiger partial charge in [0.05, 0.1) is 24.4 Å². The second kappa shape index (κ2) is 13.5. The van der Waals surface area contributed by atoms with E-state index in [0.29, 0.717) is 10.8 Å². The van der Waals surface area contributed by atoms with Crippen LogP contribution in [0.25, 0.3) is 0 Å². The van der Waals surface area contributed by atoms with Gasteiger partial charge in [-0.05, 0) is 28.8 Å². The average Bonchev–Trinajstić information content (AvgIpc) is 2.95. The molecule has 40 heavy (non-hydrogen) atoms. The lowest BCUT2D eigenvalue weighted by atomic mass is 9.91. The van der Waals surface area contributed by atoms with Gasteiger partial charge in [0.15, 0.2) is 6.29 Å². The second-order valence-corrected chi connectivity index (χ2v) is 12.5. The molecule has 2 aromatic carbocycles. The molecule has 3 aromatic rings. The number of aliphatic hydroxyl groups excluding tert-OH is 1. The van der Waals surface area contributed by atoms with E-state index in [1.165, 1.54) is 17.8 Å². The number of benzene rings is 2. The van der Waals surface area contributed by atoms with E-state index in [2.05, 4.69) is 10.3 Å². The first kappa shape index (κ1) is 30.6. The van der Waals surface area contributed by atoms with Gasteiger partial charge < -0.3 is 25.0 Å². The summed E-state index contributed by atoms with van der Waals surface area (Å²) in [4.78, 5) is 27.8. The van der Waals surface area contributed by atoms with Gasteiger partial charge in [0, 0.05) is 30.0 Å². The number of nitrogens with zero attached hydrogens (tertiary/aromatic N) is 1. The summed E-state index contributed by atoms with van der Waals surface area (Å²) in [5, 5.41) is 22.0. The highest BCUT2D eigenvalue weighted by Crippen LogP contribution is 2.43. The zero-order chi connectivity index (χ0) is 28.9. The van der Waals surface area contributed by atoms with Crippen molar-refractivity contribution in [2.75, 3.05) is 5.75 Å². The molecule has 0 aliphatic carbocycles. The quantitative estimate of drug-likeness (QED) is 0.201. The Morgan fingerprint density at radius 3 is 2.27 bits per heavy atom. The van der Waals surface area contributed by atoms with Crippen LogP contribution in [0.15, 0.2) is 71.9 Å². The standard InChI is InChI=1S/C28H27Cl3N2O6S/c1-16-22(15-40-24-21(25(35)36)3-2-12-32-24)38-26(39-23(16)19-8-6-18(14-34)7-9-19)20-10-4-17(5-11-20)13-33-27(37)28(29,30)31/h2-12,16,22-23,26,34H,13-15H2,1H3,(H,33,37)(H,35,36). The van der Waals surface area contributed by atoms with Gasteiger partial charge in [-0.2, -0.15) is 0 Å². The fraction of sp³-hybridized carbons (Fsp3) is 0.321. The van der Waals surface area contributed by atoms with Crippen molar-refractivity contribution in [3.8, 4) is 0 Å². The Morgan fingerprint density at radius 2 is 1.65 bits per heavy atom. The molecule has 1 fully saturated rings. The molecule has 0 saturated carbocycles. The molecule has 0 bridgehead atoms. The number of nitrogens with one attached hydrogen (secondary N) is 1. The smallest absolute Gasteiger partial charge is 0.338 e. The Kier molecular flexibility index (Phi) is 10.3. The summed E-state index contributed by atoms with van der Waals surface area (Å²) in [5.74, 6) is -1.40. The van der Waals surface area contributed by atoms with Crippen molar-refractivity contribution in [2.24, 2.45) is 5.92 Å². The van der Waals surface area contributed by atoms with Crippen molar-refractivity contribution in [1.82, 2.24) is 10.3 Å². The van der Waals surface area contributed by atoms with Gasteiger partial charge in [-0.15, -0.1) is 11.8 Å². The maximum Gasteiger partial charge on any atom is 0.338 e. The molecule has 1 aliphatic heterocycles. The molecule has 3 N–H and O–H groups in total. The Hall–Kier alpha value is -2.37. The molecule has 8 nitrogen and oxygen atoms in total. The minimum absolute atomic E-state index is 0.0587. The normalized spacial score (nSPS) is 21.1. The molecule has 2 heterocycles. The first-order valence-corrected chi connectivity index (χ1v) is 14.4. The minimum Gasteiger partial charge on any atom is -0.478 e. The molecular formula is C28H27Cl3N2O6S. The van der Waals surface area contributed by atoms with Crippen LogP contribution in [0.1, 0.15) is 51.9 Å². The minimum atomic E-state index is -2.04. The van der Waals surface area contributed by atoms with Crippen molar-refractivity contribution in [2.45, 2.75) is 47.4 Å². The number of carbonyl (C=O) groups excluding carboxylic acids is 1. The number of alkyl halides is 3. The number of aromatic carboxylic acids is 1. The van der Waals surface area contributed by atoms with E-state index in [0.717, 1.165) is 22.3 Å². The number of pyridine rings is 1. The van der Waals surface area contributed by atoms with E-state index in [1.54, 1.807) is 12.3 Å². The first-order valence-electron chi connectivity index (χ1n) is 12.3. The van der Waals surface area contributed by atoms with E-state index in [9.17, 15) is 19.8 Å². The summed E-state index contributed by atoms with van der Waals surface area (Å²) in [5.41, 5.74) is 3.41. The zero-order valence-electron chi connectivity index (χ0n) is 21.3. The Morgan fingerprint density at radius 1 is 1.00 bits per heavy atom. The molecular weight excluding hydrogens is 599 g/mol. The van der Waals surface area contributed by atoms with Crippen molar-refractivity contribution in [1.29, 1.82) is 0 Å². The van der Waals surface area contributed by atoms with Gasteiger partial charge in [-0.1, -0.05) is 90.3 Å². The van der Waals surface area contributed by atoms with E-state index in [-0.39, 0.29) is 36.8 Å². The van der Waals surface area contributed by atoms with Gasteiger partial charge in [-0.3, -0.25) is 4.79 Å². The molecule has 1 aliphatic rings. The molecule has 0 radical (unpaired) electrons. The summed E-state index contributed by atoms with van der Waals surface area (Å²) in [6, 6.07) is 18.0. The van der Waals surface area contributed by atoms with E-state index < -0.39 is 22.0 Å². The van der Waals surface area contributed by atoms with E-state index in [4.69, 9.17) is 44.3 Å². The molecule has 4 rings (SSSR count). The molecule has 0 spiro atoms. The van der Waals surface area contributed by atoms with Crippen molar-refractivity contribution < 1.29 is 29.3 Å². The summed E-state index contributed by atoms with van der Waals surface area (Å²) in [7, 11) is 0. The van der Waals surface area contributed by atoms with Crippen LogP contribution in [0.5, 0.6) is 0 Å². The molecule has 1 amide bonds. The number of hydrogen-bond donors (Lipinski definition) is 3. The van der Waals surface area contributed by atoms with Crippen LogP contribution in [0.4, 0.5) is 0 Å². The third kappa shape index (κ3) is 7.67. The van der Waals surface area contributed by atoms with E-state index in [1.807, 2.05) is 55.5 Å². The first-order chi connectivity index (χ1) is 19.1. The SMILES string of the molecule is CC1C(CSc2ncccc2C(=O)O)OC(c2ccc(CNC(=O)C(Cl)(Cl)Cl)cc2)OC1c1ccc(CO)cc1. The van der Waals surface area contributed by atoms with Crippen LogP contribution in [-0.4, -0.2) is 42.7 Å². The molecule has 1 saturated heterocycles. The summed E-state index contributed by atoms with van der Waals surface area (Å²) in [6.07, 6.45) is 0.215. The van der Waals surface area contributed by atoms with Crippen LogP contribution in [0, 0.1) is 5.92 Å². The van der Waals surface area contributed by atoms with E-state index >= 15 is 0 Å². The number of aromatic nitrogens is 1. The van der Waals surface area contributed by atoms with Gasteiger partial charge in [-0.25, -0.2) is 9.78 Å². The molecule has 4 atom stereocenters. The van der Waals surface area contributed by atoms with Crippen molar-refractivity contribution in [3.05, 3.63) is 94.7 Å². The lowest BCUT2D eigenvalue weighted by Gasteiger charge is -2.41. The number of hydrogen-bond acceptors (Lipinski definition) is 7. The van der Waals surface area contributed by atoms with Crippen molar-refractivity contribution in [3.63, 3.8) is 0 Å². The molecule has 12 heteroatoms. The zero-order valence-corrected chi connectivity index (χ0v) is 24.4. The maximum absolute atomic E-state index is 11.9. The number of carboxylic acids is 1. The van der Waals surface area contributed by atoms with Crippen LogP contribution >= 0.6 is 46.6 Å². The lowest BCUT2D eigenvalue weighted by molar-refractivity contribution is -0.268. The Balaban J connectivity index is 1.54. The highest BCUT2D eigenvalue weighted by Gasteiger charge is 2.38. The topological polar surface area (TPSA) is 118 Å². The van der Waals surface area contributed by atoms with Crippen molar-refractivity contribution >= 4 is 58.4 Å². The van der Waals surface area contributed by atoms with Gasteiger partial charge in [0.2, 0.25) is 0 Å². The Bertz CT molecular complexity index is 1320. The fourth-order valence-corrected chi connectivity index (χ4v) is 5.57. The van der Waals surface area contributed by atoms with Gasteiger partial charge >= 0.3 is 5.97 Å². The van der Waals surface area contributed by atoms with Crippen LogP contribution in [0.2, 0.25) is 0 Å². The van der Waals surface area contributed by atoms with Crippen LogP contribution in [-0.2, 0) is 27.4 Å². The maximum atomic E-state index is 11.9. The molecule has 4 unspecified atom stereocenters. The summed E-state index contributed by atoms with van der Waals surface area (Å²) < 4.78 is 10.8. The highest BCUT2D eigenvalue weighted by molar-refractivity contribution is 7.99. The van der Waals surface area contributed by atoms with Gasteiger partial charge in [0.25, 0.3) is 9.70 Å². The molecule has 1 aromatic heterocycles. The largest absolute Gasteiger partial charge is 0.478 e. The monoisotopic (exact) mass is 624 g/mol. The number of thioether (sulfide) groups is 1. The van der Waals surface area contributed by atoms with Crippen LogP contribution < -0.4 is 5.32 Å². The fourth-order valence-electron chi connectivity index (χ4n) is 4.21. The number of carboxylic acid groups (broad SMARTS) is 1. The predicted octanol–water partition coefficient (Wildman–Crippen LogP) is 5.84. The lowest BCUT2D eigenvalue weighted by Crippen LogP contribution is -2.38. The number of halogens is 3. The predicted molar refractivity (Wildman–Crippen MR) is 153 cm³/mol. The number of carbonyl (C=O) groups is 2.